The zero-order valence-corrected chi connectivity index (χ0v) is 14.6. The van der Waals surface area contributed by atoms with Gasteiger partial charge in [0.05, 0.1) is 22.5 Å². The van der Waals surface area contributed by atoms with Crippen LogP contribution in [0.25, 0.3) is 0 Å². The predicted octanol–water partition coefficient (Wildman–Crippen LogP) is 3.58. The van der Waals surface area contributed by atoms with Gasteiger partial charge in [0.1, 0.15) is 0 Å². The van der Waals surface area contributed by atoms with E-state index in [0.29, 0.717) is 18.5 Å². The number of aliphatic hydroxyl groups excluding tert-OH is 1. The number of aliphatic hydroxyl groups is 1. The normalized spacial score (nSPS) is 10.0. The largest absolute Gasteiger partial charge is 0.395 e. The Kier molecular flexibility index (Phi) is 6.00. The molecule has 0 aliphatic heterocycles. The summed E-state index contributed by atoms with van der Waals surface area (Å²) in [5, 5.41) is 12.5. The van der Waals surface area contributed by atoms with E-state index in [9.17, 15) is 4.79 Å². The van der Waals surface area contributed by atoms with Crippen molar-refractivity contribution >= 4 is 44.5 Å². The second kappa shape index (κ2) is 7.76. The number of carbonyl (C=O) groups excluding carboxylic acids is 1. The average molecular weight is 384 g/mol. The van der Waals surface area contributed by atoms with E-state index in [0.717, 1.165) is 14.2 Å². The summed E-state index contributed by atoms with van der Waals surface area (Å²) in [5.74, 6) is 5.90. The first-order valence-electron chi connectivity index (χ1n) is 6.27. The van der Waals surface area contributed by atoms with Crippen molar-refractivity contribution in [3.63, 3.8) is 0 Å². The number of hydrogen-bond acceptors (Lipinski definition) is 4. The first-order chi connectivity index (χ1) is 10.1. The Labute approximate surface area is 140 Å². The molecule has 2 heterocycles. The summed E-state index contributed by atoms with van der Waals surface area (Å²) in [4.78, 5) is 15.0. The summed E-state index contributed by atoms with van der Waals surface area (Å²) in [6.45, 7) is 0.649. The minimum Gasteiger partial charge on any atom is -0.395 e. The van der Waals surface area contributed by atoms with Gasteiger partial charge in [0.25, 0.3) is 5.91 Å². The molecule has 6 heteroatoms. The number of thiophene rings is 2. The van der Waals surface area contributed by atoms with E-state index in [1.807, 2.05) is 22.9 Å². The van der Waals surface area contributed by atoms with Gasteiger partial charge in [-0.15, -0.1) is 22.7 Å². The molecular weight excluding hydrogens is 370 g/mol. The van der Waals surface area contributed by atoms with Gasteiger partial charge in [-0.2, -0.15) is 0 Å². The summed E-state index contributed by atoms with van der Waals surface area (Å²) < 4.78 is 0.955. The molecule has 0 radical (unpaired) electrons. The SMILES string of the molecule is CN(Cc1cc(C#CCCO)cs1)C(=O)c1csc(Br)c1. The van der Waals surface area contributed by atoms with Crippen LogP contribution < -0.4 is 0 Å². The molecule has 0 spiro atoms. The lowest BCUT2D eigenvalue weighted by Crippen LogP contribution is -2.25. The topological polar surface area (TPSA) is 40.5 Å². The molecule has 1 N–H and O–H groups in total. The van der Waals surface area contributed by atoms with Crippen LogP contribution in [-0.4, -0.2) is 29.6 Å². The number of nitrogens with zero attached hydrogens (tertiary/aromatic N) is 1. The fourth-order valence-corrected chi connectivity index (χ4v) is 3.70. The van der Waals surface area contributed by atoms with E-state index in [1.165, 1.54) is 11.3 Å². The van der Waals surface area contributed by atoms with Crippen molar-refractivity contribution in [1.29, 1.82) is 0 Å². The highest BCUT2D eigenvalue weighted by atomic mass is 79.9. The van der Waals surface area contributed by atoms with Crippen molar-refractivity contribution in [3.05, 3.63) is 42.7 Å². The van der Waals surface area contributed by atoms with Crippen LogP contribution in [0.2, 0.25) is 0 Å². The number of rotatable bonds is 4. The van der Waals surface area contributed by atoms with Crippen molar-refractivity contribution in [1.82, 2.24) is 4.90 Å². The van der Waals surface area contributed by atoms with Crippen molar-refractivity contribution in [2.45, 2.75) is 13.0 Å². The Hall–Kier alpha value is -1.13. The monoisotopic (exact) mass is 383 g/mol. The van der Waals surface area contributed by atoms with Crippen LogP contribution in [0, 0.1) is 11.8 Å². The Morgan fingerprint density at radius 2 is 2.19 bits per heavy atom. The molecule has 0 saturated carbocycles. The molecule has 3 nitrogen and oxygen atoms in total. The van der Waals surface area contributed by atoms with E-state index >= 15 is 0 Å². The first-order valence-corrected chi connectivity index (χ1v) is 8.82. The van der Waals surface area contributed by atoms with Gasteiger partial charge in [0.2, 0.25) is 0 Å². The number of halogens is 1. The minimum absolute atomic E-state index is 0.0123. The molecule has 0 aliphatic rings. The zero-order chi connectivity index (χ0) is 15.2. The van der Waals surface area contributed by atoms with Gasteiger partial charge in [0, 0.05) is 34.7 Å². The van der Waals surface area contributed by atoms with Crippen LogP contribution >= 0.6 is 38.6 Å². The van der Waals surface area contributed by atoms with Crippen LogP contribution in [-0.2, 0) is 6.54 Å². The summed E-state index contributed by atoms with van der Waals surface area (Å²) >= 11 is 6.46. The van der Waals surface area contributed by atoms with Gasteiger partial charge in [0.15, 0.2) is 0 Å². The van der Waals surface area contributed by atoms with Crippen molar-refractivity contribution < 1.29 is 9.90 Å². The third kappa shape index (κ3) is 4.68. The molecule has 21 heavy (non-hydrogen) atoms. The lowest BCUT2D eigenvalue weighted by Gasteiger charge is -2.15. The van der Waals surface area contributed by atoms with Gasteiger partial charge in [-0.1, -0.05) is 11.8 Å². The lowest BCUT2D eigenvalue weighted by molar-refractivity contribution is 0.0787. The number of carbonyl (C=O) groups is 1. The fourth-order valence-electron chi connectivity index (χ4n) is 1.70. The highest BCUT2D eigenvalue weighted by Gasteiger charge is 2.14. The standard InChI is InChI=1S/C15H14BrNO2S2/c1-17(15(19)12-7-14(16)21-10-12)8-13-6-11(9-20-13)4-2-3-5-18/h6-7,9-10,18H,3,5,8H2,1H3. The average Bonchev–Trinajstić information content (AvgIpc) is 3.07. The Balaban J connectivity index is 1.98. The molecule has 2 aromatic heterocycles. The summed E-state index contributed by atoms with van der Waals surface area (Å²) in [7, 11) is 1.80. The molecule has 0 unspecified atom stereocenters. The van der Waals surface area contributed by atoms with Crippen LogP contribution in [0.3, 0.4) is 0 Å². The predicted molar refractivity (Wildman–Crippen MR) is 90.7 cm³/mol. The van der Waals surface area contributed by atoms with E-state index in [2.05, 4.69) is 27.8 Å². The van der Waals surface area contributed by atoms with E-state index in [-0.39, 0.29) is 12.5 Å². The van der Waals surface area contributed by atoms with E-state index < -0.39 is 0 Å². The Morgan fingerprint density at radius 3 is 2.86 bits per heavy atom. The maximum Gasteiger partial charge on any atom is 0.254 e. The van der Waals surface area contributed by atoms with Crippen molar-refractivity contribution in [2.75, 3.05) is 13.7 Å². The number of amides is 1. The van der Waals surface area contributed by atoms with E-state index in [4.69, 9.17) is 5.11 Å². The molecule has 2 aromatic rings. The molecule has 110 valence electrons. The van der Waals surface area contributed by atoms with Gasteiger partial charge < -0.3 is 10.0 Å². The highest BCUT2D eigenvalue weighted by molar-refractivity contribution is 9.11. The minimum atomic E-state index is 0.0123. The second-order valence-corrected chi connectivity index (χ2v) is 7.66. The van der Waals surface area contributed by atoms with Crippen LogP contribution in [0.15, 0.2) is 26.7 Å². The molecule has 0 bridgehead atoms. The quantitative estimate of drug-likeness (QED) is 0.819. The maximum atomic E-state index is 12.2. The fraction of sp³-hybridized carbons (Fsp3) is 0.267. The number of hydrogen-bond donors (Lipinski definition) is 1. The third-order valence-electron chi connectivity index (χ3n) is 2.68. The van der Waals surface area contributed by atoms with Crippen molar-refractivity contribution in [3.8, 4) is 11.8 Å². The summed E-state index contributed by atoms with van der Waals surface area (Å²) in [5.41, 5.74) is 1.64. The first kappa shape index (κ1) is 16.2. The summed E-state index contributed by atoms with van der Waals surface area (Å²) in [6.07, 6.45) is 0.483. The van der Waals surface area contributed by atoms with E-state index in [1.54, 1.807) is 23.3 Å². The molecule has 2 rings (SSSR count). The Morgan fingerprint density at radius 1 is 1.38 bits per heavy atom. The molecular formula is C15H14BrNO2S2. The Bertz CT molecular complexity index is 681. The van der Waals surface area contributed by atoms with Crippen LogP contribution in [0.4, 0.5) is 0 Å². The lowest BCUT2D eigenvalue weighted by atomic mass is 10.2. The van der Waals surface area contributed by atoms with Crippen LogP contribution in [0.1, 0.15) is 27.2 Å². The molecule has 0 fully saturated rings. The molecule has 0 aliphatic carbocycles. The van der Waals surface area contributed by atoms with Crippen molar-refractivity contribution in [2.24, 2.45) is 0 Å². The summed E-state index contributed by atoms with van der Waals surface area (Å²) in [6, 6.07) is 3.83. The third-order valence-corrected chi connectivity index (χ3v) is 5.10. The highest BCUT2D eigenvalue weighted by Crippen LogP contribution is 2.22. The van der Waals surface area contributed by atoms with Crippen LogP contribution in [0.5, 0.6) is 0 Å². The van der Waals surface area contributed by atoms with Gasteiger partial charge in [-0.3, -0.25) is 4.79 Å². The van der Waals surface area contributed by atoms with Gasteiger partial charge in [-0.05, 0) is 28.1 Å². The zero-order valence-electron chi connectivity index (χ0n) is 11.4. The molecule has 1 amide bonds. The molecule has 0 aromatic carbocycles. The molecule has 0 atom stereocenters. The second-order valence-electron chi connectivity index (χ2n) is 4.38. The smallest absolute Gasteiger partial charge is 0.254 e. The van der Waals surface area contributed by atoms with Gasteiger partial charge in [-0.25, -0.2) is 0 Å². The van der Waals surface area contributed by atoms with Gasteiger partial charge >= 0.3 is 0 Å². The molecule has 0 saturated heterocycles. The maximum absolute atomic E-state index is 12.2.